The Morgan fingerprint density at radius 3 is 2.81 bits per heavy atom. The highest BCUT2D eigenvalue weighted by molar-refractivity contribution is 6.30. The second-order valence-corrected chi connectivity index (χ2v) is 4.11. The summed E-state index contributed by atoms with van der Waals surface area (Å²) < 4.78 is 0. The van der Waals surface area contributed by atoms with Gasteiger partial charge in [-0.15, -0.1) is 0 Å². The molecule has 0 spiro atoms. The molecule has 1 amide bonds. The SMILES string of the molecule is O=C(NOC1CCNC1)c1ccc(Cl)cc1. The zero-order valence-electron chi connectivity index (χ0n) is 8.70. The Hall–Kier alpha value is -1.10. The van der Waals surface area contributed by atoms with E-state index in [1.165, 1.54) is 0 Å². The Morgan fingerprint density at radius 2 is 2.19 bits per heavy atom. The van der Waals surface area contributed by atoms with E-state index in [4.69, 9.17) is 16.4 Å². The van der Waals surface area contributed by atoms with E-state index in [9.17, 15) is 4.79 Å². The number of hydrogen-bond acceptors (Lipinski definition) is 3. The van der Waals surface area contributed by atoms with Crippen LogP contribution in [0.1, 0.15) is 16.8 Å². The molecule has 1 atom stereocenters. The molecule has 1 aliphatic rings. The van der Waals surface area contributed by atoms with E-state index in [1.807, 2.05) is 0 Å². The number of amides is 1. The minimum atomic E-state index is -0.247. The third-order valence-corrected chi connectivity index (χ3v) is 2.69. The van der Waals surface area contributed by atoms with Gasteiger partial charge in [0.15, 0.2) is 0 Å². The lowest BCUT2D eigenvalue weighted by atomic mass is 10.2. The minimum absolute atomic E-state index is 0.0660. The van der Waals surface area contributed by atoms with E-state index >= 15 is 0 Å². The Bertz CT molecular complexity index is 361. The van der Waals surface area contributed by atoms with Crippen LogP contribution in [0.4, 0.5) is 0 Å². The van der Waals surface area contributed by atoms with Crippen molar-refractivity contribution in [3.8, 4) is 0 Å². The zero-order valence-corrected chi connectivity index (χ0v) is 9.46. The van der Waals surface area contributed by atoms with Crippen molar-refractivity contribution in [2.24, 2.45) is 0 Å². The molecular weight excluding hydrogens is 228 g/mol. The van der Waals surface area contributed by atoms with Gasteiger partial charge in [0.25, 0.3) is 5.91 Å². The summed E-state index contributed by atoms with van der Waals surface area (Å²) >= 11 is 5.73. The third-order valence-electron chi connectivity index (χ3n) is 2.44. The number of halogens is 1. The predicted octanol–water partition coefficient (Wildman–Crippen LogP) is 1.36. The van der Waals surface area contributed by atoms with Crippen molar-refractivity contribution in [1.82, 2.24) is 10.8 Å². The average Bonchev–Trinajstić information content (AvgIpc) is 2.80. The molecule has 2 rings (SSSR count). The van der Waals surface area contributed by atoms with E-state index in [2.05, 4.69) is 10.8 Å². The molecule has 1 fully saturated rings. The normalized spacial score (nSPS) is 19.7. The second-order valence-electron chi connectivity index (χ2n) is 3.67. The van der Waals surface area contributed by atoms with Crippen LogP contribution in [-0.4, -0.2) is 25.1 Å². The minimum Gasteiger partial charge on any atom is -0.314 e. The molecule has 5 heteroatoms. The first-order valence-electron chi connectivity index (χ1n) is 5.18. The molecule has 0 radical (unpaired) electrons. The van der Waals surface area contributed by atoms with Crippen LogP contribution < -0.4 is 10.8 Å². The summed E-state index contributed by atoms with van der Waals surface area (Å²) in [5.74, 6) is -0.247. The Morgan fingerprint density at radius 1 is 1.44 bits per heavy atom. The van der Waals surface area contributed by atoms with Gasteiger partial charge in [-0.3, -0.25) is 9.63 Å². The largest absolute Gasteiger partial charge is 0.314 e. The van der Waals surface area contributed by atoms with Gasteiger partial charge in [0.1, 0.15) is 0 Å². The molecule has 1 aromatic carbocycles. The number of benzene rings is 1. The molecule has 0 bridgehead atoms. The van der Waals surface area contributed by atoms with Crippen molar-refractivity contribution in [1.29, 1.82) is 0 Å². The van der Waals surface area contributed by atoms with Crippen LogP contribution in [0.5, 0.6) is 0 Å². The lowest BCUT2D eigenvalue weighted by molar-refractivity contribution is -0.00680. The van der Waals surface area contributed by atoms with Gasteiger partial charge >= 0.3 is 0 Å². The van der Waals surface area contributed by atoms with Gasteiger partial charge in [0, 0.05) is 17.1 Å². The number of hydrogen-bond donors (Lipinski definition) is 2. The summed E-state index contributed by atoms with van der Waals surface area (Å²) in [5.41, 5.74) is 2.98. The fourth-order valence-corrected chi connectivity index (χ4v) is 1.65. The van der Waals surface area contributed by atoms with Crippen molar-refractivity contribution < 1.29 is 9.63 Å². The molecule has 1 aromatic rings. The molecule has 1 unspecified atom stereocenters. The molecule has 1 heterocycles. The maximum Gasteiger partial charge on any atom is 0.274 e. The van der Waals surface area contributed by atoms with Crippen molar-refractivity contribution in [2.45, 2.75) is 12.5 Å². The summed E-state index contributed by atoms with van der Waals surface area (Å²) in [5, 5.41) is 3.76. The highest BCUT2D eigenvalue weighted by Crippen LogP contribution is 2.09. The number of hydroxylamine groups is 1. The van der Waals surface area contributed by atoms with Crippen LogP contribution in [-0.2, 0) is 4.84 Å². The van der Waals surface area contributed by atoms with Gasteiger partial charge in [-0.2, -0.15) is 0 Å². The van der Waals surface area contributed by atoms with Gasteiger partial charge in [-0.1, -0.05) is 11.6 Å². The number of rotatable bonds is 3. The highest BCUT2D eigenvalue weighted by atomic mass is 35.5. The molecule has 0 saturated carbocycles. The molecule has 2 N–H and O–H groups in total. The van der Waals surface area contributed by atoms with Gasteiger partial charge < -0.3 is 5.32 Å². The molecule has 1 aliphatic heterocycles. The Balaban J connectivity index is 1.85. The van der Waals surface area contributed by atoms with Crippen molar-refractivity contribution >= 4 is 17.5 Å². The van der Waals surface area contributed by atoms with Crippen LogP contribution in [0.15, 0.2) is 24.3 Å². The molecule has 0 aliphatic carbocycles. The predicted molar refractivity (Wildman–Crippen MR) is 61.3 cm³/mol. The fourth-order valence-electron chi connectivity index (χ4n) is 1.53. The number of nitrogens with one attached hydrogen (secondary N) is 2. The van der Waals surface area contributed by atoms with Gasteiger partial charge in [-0.25, -0.2) is 5.48 Å². The molecule has 1 saturated heterocycles. The Labute approximate surface area is 98.9 Å². The average molecular weight is 241 g/mol. The maximum atomic E-state index is 11.6. The number of carbonyl (C=O) groups excluding carboxylic acids is 1. The smallest absolute Gasteiger partial charge is 0.274 e. The first kappa shape index (κ1) is 11.4. The van der Waals surface area contributed by atoms with Crippen molar-refractivity contribution in [2.75, 3.05) is 13.1 Å². The molecule has 16 heavy (non-hydrogen) atoms. The standard InChI is InChI=1S/C11H13ClN2O2/c12-9-3-1-8(2-4-9)11(15)14-16-10-5-6-13-7-10/h1-4,10,13H,5-7H2,(H,14,15). The topological polar surface area (TPSA) is 50.4 Å². The summed E-state index contributed by atoms with van der Waals surface area (Å²) in [6.07, 6.45) is 0.984. The molecule has 86 valence electrons. The van der Waals surface area contributed by atoms with Crippen molar-refractivity contribution in [3.63, 3.8) is 0 Å². The van der Waals surface area contributed by atoms with Crippen LogP contribution in [0, 0.1) is 0 Å². The Kier molecular flexibility index (Phi) is 3.77. The lowest BCUT2D eigenvalue weighted by Gasteiger charge is -2.10. The molecule has 0 aromatic heterocycles. The second kappa shape index (κ2) is 5.30. The lowest BCUT2D eigenvalue weighted by Crippen LogP contribution is -2.30. The van der Waals surface area contributed by atoms with Crippen LogP contribution in [0.2, 0.25) is 5.02 Å². The van der Waals surface area contributed by atoms with Crippen LogP contribution >= 0.6 is 11.6 Å². The zero-order chi connectivity index (χ0) is 11.4. The van der Waals surface area contributed by atoms with Gasteiger partial charge in [-0.05, 0) is 37.2 Å². The van der Waals surface area contributed by atoms with Crippen LogP contribution in [0.3, 0.4) is 0 Å². The van der Waals surface area contributed by atoms with E-state index in [0.717, 1.165) is 19.5 Å². The summed E-state index contributed by atoms with van der Waals surface area (Å²) in [6.45, 7) is 1.71. The van der Waals surface area contributed by atoms with Gasteiger partial charge in [0.05, 0.1) is 6.10 Å². The first-order chi connectivity index (χ1) is 7.75. The maximum absolute atomic E-state index is 11.6. The summed E-state index contributed by atoms with van der Waals surface area (Å²) in [4.78, 5) is 16.9. The van der Waals surface area contributed by atoms with E-state index in [0.29, 0.717) is 10.6 Å². The monoisotopic (exact) mass is 240 g/mol. The summed E-state index contributed by atoms with van der Waals surface area (Å²) in [7, 11) is 0. The number of carbonyl (C=O) groups is 1. The quantitative estimate of drug-likeness (QED) is 0.785. The third kappa shape index (κ3) is 2.95. The van der Waals surface area contributed by atoms with Gasteiger partial charge in [0.2, 0.25) is 0 Å². The fraction of sp³-hybridized carbons (Fsp3) is 0.364. The molecular formula is C11H13ClN2O2. The van der Waals surface area contributed by atoms with Crippen molar-refractivity contribution in [3.05, 3.63) is 34.9 Å². The van der Waals surface area contributed by atoms with E-state index in [1.54, 1.807) is 24.3 Å². The highest BCUT2D eigenvalue weighted by Gasteiger charge is 2.16. The van der Waals surface area contributed by atoms with Crippen LogP contribution in [0.25, 0.3) is 0 Å². The molecule has 4 nitrogen and oxygen atoms in total. The van der Waals surface area contributed by atoms with E-state index < -0.39 is 0 Å². The van der Waals surface area contributed by atoms with E-state index in [-0.39, 0.29) is 12.0 Å². The summed E-state index contributed by atoms with van der Waals surface area (Å²) in [6, 6.07) is 6.67. The first-order valence-corrected chi connectivity index (χ1v) is 5.56.